The Labute approximate surface area is 177 Å². The van der Waals surface area contributed by atoms with E-state index in [1.54, 1.807) is 96.3 Å². The third-order valence-corrected chi connectivity index (χ3v) is 10.8. The molecule has 5 aliphatic carbocycles. The summed E-state index contributed by atoms with van der Waals surface area (Å²) >= 11 is 0. The van der Waals surface area contributed by atoms with Crippen molar-refractivity contribution in [1.29, 1.82) is 0 Å². The van der Waals surface area contributed by atoms with Gasteiger partial charge in [-0.25, -0.2) is 0 Å². The number of hydrogen-bond donors (Lipinski definition) is 0. The molecule has 0 N–H and O–H groups in total. The van der Waals surface area contributed by atoms with Gasteiger partial charge in [-0.3, -0.25) is 0 Å². The van der Waals surface area contributed by atoms with E-state index in [2.05, 4.69) is 13.8 Å². The maximum absolute atomic E-state index is 2.41. The van der Waals surface area contributed by atoms with Gasteiger partial charge in [0.1, 0.15) is 0 Å². The maximum atomic E-state index is 2.41. The number of fused-ring (bicyclic) bond motifs is 3. The highest BCUT2D eigenvalue weighted by Crippen LogP contribution is 2.63. The zero-order valence-electron chi connectivity index (χ0n) is 19.5. The second kappa shape index (κ2) is 9.43. The zero-order valence-corrected chi connectivity index (χ0v) is 19.5. The monoisotopic (exact) mass is 386 g/mol. The average Bonchev–Trinajstić information content (AvgIpc) is 2.78. The summed E-state index contributed by atoms with van der Waals surface area (Å²) in [6.45, 7) is 4.75. The van der Waals surface area contributed by atoms with Crippen molar-refractivity contribution in [3.05, 3.63) is 0 Å². The Morgan fingerprint density at radius 1 is 0.607 bits per heavy atom. The summed E-state index contributed by atoms with van der Waals surface area (Å²) in [6.07, 6.45) is 31.1. The van der Waals surface area contributed by atoms with Gasteiger partial charge in [-0.1, -0.05) is 58.8 Å². The fourth-order valence-corrected chi connectivity index (χ4v) is 8.48. The topological polar surface area (TPSA) is 0 Å². The molecule has 0 aliphatic heterocycles. The molecule has 5 saturated carbocycles. The smallest absolute Gasteiger partial charge is 0.0269 e. The second-order valence-corrected chi connectivity index (χ2v) is 12.0. The summed E-state index contributed by atoms with van der Waals surface area (Å²) < 4.78 is 0. The normalized spacial score (nSPS) is 43.9. The van der Waals surface area contributed by atoms with Gasteiger partial charge in [0.05, 0.1) is 0 Å². The zero-order chi connectivity index (χ0) is 19.5. The molecule has 0 atom stereocenters. The first-order valence-electron chi connectivity index (χ1n) is 13.7. The van der Waals surface area contributed by atoms with Crippen LogP contribution in [0.5, 0.6) is 0 Å². The van der Waals surface area contributed by atoms with Gasteiger partial charge in [-0.05, 0) is 118 Å². The Kier molecular flexibility index (Phi) is 7.15. The van der Waals surface area contributed by atoms with Gasteiger partial charge < -0.3 is 0 Å². The van der Waals surface area contributed by atoms with E-state index in [4.69, 9.17) is 0 Å². The SMILES string of the molecule is CCCCCCC12CCC(C3CCC(C4CCC(CC)CC4)CC3)(CC1)CC2. The number of rotatable bonds is 8. The first kappa shape index (κ1) is 21.2. The van der Waals surface area contributed by atoms with Crippen molar-refractivity contribution in [3.63, 3.8) is 0 Å². The van der Waals surface area contributed by atoms with Crippen molar-refractivity contribution in [3.8, 4) is 0 Å². The van der Waals surface area contributed by atoms with Crippen LogP contribution >= 0.6 is 0 Å². The average molecular weight is 387 g/mol. The first-order chi connectivity index (χ1) is 13.7. The predicted octanol–water partition coefficient (Wildman–Crippen LogP) is 9.32. The predicted molar refractivity (Wildman–Crippen MR) is 123 cm³/mol. The minimum absolute atomic E-state index is 0.796. The van der Waals surface area contributed by atoms with E-state index < -0.39 is 0 Å². The van der Waals surface area contributed by atoms with Crippen LogP contribution in [0.3, 0.4) is 0 Å². The lowest BCUT2D eigenvalue weighted by Gasteiger charge is -2.58. The van der Waals surface area contributed by atoms with E-state index in [1.165, 1.54) is 32.1 Å². The van der Waals surface area contributed by atoms with Gasteiger partial charge in [0.25, 0.3) is 0 Å². The van der Waals surface area contributed by atoms with E-state index in [1.807, 2.05) is 0 Å². The summed E-state index contributed by atoms with van der Waals surface area (Å²) in [7, 11) is 0. The Morgan fingerprint density at radius 3 is 1.71 bits per heavy atom. The van der Waals surface area contributed by atoms with E-state index in [0.717, 1.165) is 34.5 Å². The number of unbranched alkanes of at least 4 members (excludes halogenated alkanes) is 3. The van der Waals surface area contributed by atoms with Crippen molar-refractivity contribution >= 4 is 0 Å². The van der Waals surface area contributed by atoms with Crippen LogP contribution in [0.4, 0.5) is 0 Å². The molecule has 0 heterocycles. The van der Waals surface area contributed by atoms with E-state index in [0.29, 0.717) is 0 Å². The molecule has 0 aromatic rings. The summed E-state index contributed by atoms with van der Waals surface area (Å²) in [6, 6.07) is 0. The van der Waals surface area contributed by atoms with Crippen molar-refractivity contribution in [1.82, 2.24) is 0 Å². The molecule has 0 aromatic carbocycles. The molecule has 5 aliphatic rings. The summed E-state index contributed by atoms with van der Waals surface area (Å²) in [5, 5.41) is 0. The van der Waals surface area contributed by atoms with Gasteiger partial charge in [-0.15, -0.1) is 0 Å². The molecule has 162 valence electrons. The Morgan fingerprint density at radius 2 is 1.18 bits per heavy atom. The highest BCUT2D eigenvalue weighted by molar-refractivity contribution is 5.03. The maximum Gasteiger partial charge on any atom is -0.0269 e. The van der Waals surface area contributed by atoms with Crippen LogP contribution in [-0.4, -0.2) is 0 Å². The van der Waals surface area contributed by atoms with Crippen molar-refractivity contribution in [2.75, 3.05) is 0 Å². The lowest BCUT2D eigenvalue weighted by molar-refractivity contribution is -0.0680. The Bertz CT molecular complexity index is 436. The molecule has 5 fully saturated rings. The van der Waals surface area contributed by atoms with Crippen molar-refractivity contribution in [2.45, 2.75) is 142 Å². The minimum atomic E-state index is 0.796. The summed E-state index contributed by atoms with van der Waals surface area (Å²) in [5.74, 6) is 4.39. The molecule has 0 aromatic heterocycles. The second-order valence-electron chi connectivity index (χ2n) is 12.0. The quantitative estimate of drug-likeness (QED) is 0.364. The molecule has 28 heavy (non-hydrogen) atoms. The fourth-order valence-electron chi connectivity index (χ4n) is 8.48. The molecule has 0 amide bonds. The van der Waals surface area contributed by atoms with Crippen LogP contribution < -0.4 is 0 Å². The molecule has 0 saturated heterocycles. The molecule has 0 spiro atoms. The molecular weight excluding hydrogens is 336 g/mol. The fraction of sp³-hybridized carbons (Fsp3) is 1.00. The lowest BCUT2D eigenvalue weighted by Crippen LogP contribution is -2.46. The van der Waals surface area contributed by atoms with Crippen LogP contribution in [0.1, 0.15) is 142 Å². The van der Waals surface area contributed by atoms with Gasteiger partial charge in [0.2, 0.25) is 0 Å². The standard InChI is InChI=1S/C28H50/c1-3-5-6-7-16-27-17-20-28(21-18-27,22-19-27)26-14-12-25(13-15-26)24-10-8-23(4-2)9-11-24/h23-26H,3-22H2,1-2H3. The Hall–Kier alpha value is 0. The summed E-state index contributed by atoms with van der Waals surface area (Å²) in [4.78, 5) is 0. The van der Waals surface area contributed by atoms with Crippen LogP contribution in [0, 0.1) is 34.5 Å². The molecule has 0 nitrogen and oxygen atoms in total. The molecule has 0 heteroatoms. The highest BCUT2D eigenvalue weighted by atomic mass is 14.6. The van der Waals surface area contributed by atoms with Crippen molar-refractivity contribution in [2.24, 2.45) is 34.5 Å². The lowest BCUT2D eigenvalue weighted by atomic mass is 9.47. The summed E-state index contributed by atoms with van der Waals surface area (Å²) in [5.41, 5.74) is 1.60. The largest absolute Gasteiger partial charge is 0.0654 e. The third kappa shape index (κ3) is 4.51. The molecule has 5 rings (SSSR count). The van der Waals surface area contributed by atoms with Crippen LogP contribution in [0.15, 0.2) is 0 Å². The molecule has 2 bridgehead atoms. The van der Waals surface area contributed by atoms with Gasteiger partial charge >= 0.3 is 0 Å². The number of hydrogen-bond acceptors (Lipinski definition) is 0. The van der Waals surface area contributed by atoms with E-state index in [-0.39, 0.29) is 0 Å². The third-order valence-electron chi connectivity index (χ3n) is 10.8. The van der Waals surface area contributed by atoms with E-state index >= 15 is 0 Å². The van der Waals surface area contributed by atoms with Gasteiger partial charge in [0, 0.05) is 0 Å². The first-order valence-corrected chi connectivity index (χ1v) is 13.7. The van der Waals surface area contributed by atoms with Gasteiger partial charge in [0.15, 0.2) is 0 Å². The van der Waals surface area contributed by atoms with Gasteiger partial charge in [-0.2, -0.15) is 0 Å². The molecular formula is C28H50. The molecule has 0 unspecified atom stereocenters. The van der Waals surface area contributed by atoms with Crippen LogP contribution in [-0.2, 0) is 0 Å². The van der Waals surface area contributed by atoms with Crippen LogP contribution in [0.2, 0.25) is 0 Å². The molecule has 0 radical (unpaired) electrons. The Balaban J connectivity index is 1.23. The highest BCUT2D eigenvalue weighted by Gasteiger charge is 2.51. The minimum Gasteiger partial charge on any atom is -0.0654 e. The van der Waals surface area contributed by atoms with E-state index in [9.17, 15) is 0 Å². The van der Waals surface area contributed by atoms with Crippen LogP contribution in [0.25, 0.3) is 0 Å². The van der Waals surface area contributed by atoms with Crippen molar-refractivity contribution < 1.29 is 0 Å².